The molecule has 0 unspecified atom stereocenters. The summed E-state index contributed by atoms with van der Waals surface area (Å²) < 4.78 is 10.9. The van der Waals surface area contributed by atoms with Gasteiger partial charge in [-0.05, 0) is 25.8 Å². The lowest BCUT2D eigenvalue weighted by molar-refractivity contribution is 0.0344. The predicted octanol–water partition coefficient (Wildman–Crippen LogP) is 2.04. The van der Waals surface area contributed by atoms with Gasteiger partial charge in [-0.1, -0.05) is 6.92 Å². The van der Waals surface area contributed by atoms with E-state index >= 15 is 0 Å². The zero-order valence-corrected chi connectivity index (χ0v) is 10.00. The molecule has 0 aromatic rings. The average molecular weight is 213 g/mol. The summed E-state index contributed by atoms with van der Waals surface area (Å²) in [5.41, 5.74) is 0. The van der Waals surface area contributed by atoms with Gasteiger partial charge in [-0.15, -0.1) is 0 Å². The quantitative estimate of drug-likeness (QED) is 0.498. The first-order chi connectivity index (χ1) is 7.33. The van der Waals surface area contributed by atoms with Crippen molar-refractivity contribution in [3.63, 3.8) is 0 Å². The molecule has 1 aliphatic heterocycles. The van der Waals surface area contributed by atoms with Crippen molar-refractivity contribution >= 4 is 0 Å². The van der Waals surface area contributed by atoms with Gasteiger partial charge in [0, 0.05) is 19.6 Å². The molecule has 0 atom stereocenters. The Morgan fingerprint density at radius 3 is 2.80 bits per heavy atom. The van der Waals surface area contributed by atoms with Crippen molar-refractivity contribution in [2.24, 2.45) is 0 Å². The fourth-order valence-corrected chi connectivity index (χ4v) is 1.69. The van der Waals surface area contributed by atoms with Crippen LogP contribution in [0.15, 0.2) is 11.8 Å². The summed E-state index contributed by atoms with van der Waals surface area (Å²) in [7, 11) is 0. The highest BCUT2D eigenvalue weighted by Gasteiger charge is 2.08. The van der Waals surface area contributed by atoms with Crippen molar-refractivity contribution in [3.05, 3.63) is 11.8 Å². The van der Waals surface area contributed by atoms with Crippen LogP contribution in [0, 0.1) is 0 Å². The molecule has 3 heteroatoms. The summed E-state index contributed by atoms with van der Waals surface area (Å²) >= 11 is 0. The largest absolute Gasteiger partial charge is 0.499 e. The van der Waals surface area contributed by atoms with Crippen molar-refractivity contribution in [1.29, 1.82) is 0 Å². The predicted molar refractivity (Wildman–Crippen MR) is 61.9 cm³/mol. The topological polar surface area (TPSA) is 21.7 Å². The van der Waals surface area contributed by atoms with Gasteiger partial charge >= 0.3 is 0 Å². The maximum absolute atomic E-state index is 5.58. The lowest BCUT2D eigenvalue weighted by Crippen LogP contribution is -2.37. The fourth-order valence-electron chi connectivity index (χ4n) is 1.69. The fraction of sp³-hybridized carbons (Fsp3) is 0.833. The Hall–Kier alpha value is -0.540. The molecule has 1 heterocycles. The number of hydrogen-bond acceptors (Lipinski definition) is 3. The van der Waals surface area contributed by atoms with Crippen LogP contribution in [0.4, 0.5) is 0 Å². The number of rotatable bonds is 6. The van der Waals surface area contributed by atoms with Gasteiger partial charge in [0.1, 0.15) is 0 Å². The van der Waals surface area contributed by atoms with Crippen molar-refractivity contribution in [3.8, 4) is 0 Å². The molecule has 0 saturated carbocycles. The molecule has 0 bridgehead atoms. The van der Waals surface area contributed by atoms with Crippen LogP contribution in [0.3, 0.4) is 0 Å². The van der Waals surface area contributed by atoms with E-state index in [0.717, 1.165) is 58.1 Å². The van der Waals surface area contributed by atoms with Gasteiger partial charge in [0.2, 0.25) is 0 Å². The molecule has 1 aliphatic rings. The Morgan fingerprint density at radius 2 is 2.13 bits per heavy atom. The van der Waals surface area contributed by atoms with Crippen LogP contribution < -0.4 is 0 Å². The second-order valence-corrected chi connectivity index (χ2v) is 3.88. The molecule has 3 nitrogen and oxygen atoms in total. The Kier molecular flexibility index (Phi) is 6.44. The normalized spacial score (nSPS) is 19.2. The van der Waals surface area contributed by atoms with Gasteiger partial charge in [-0.3, -0.25) is 4.90 Å². The highest BCUT2D eigenvalue weighted by Crippen LogP contribution is 2.01. The van der Waals surface area contributed by atoms with Gasteiger partial charge in [0.25, 0.3) is 0 Å². The van der Waals surface area contributed by atoms with Crippen LogP contribution in [0.25, 0.3) is 0 Å². The van der Waals surface area contributed by atoms with Crippen LogP contribution in [-0.2, 0) is 9.47 Å². The van der Waals surface area contributed by atoms with Crippen LogP contribution in [0.5, 0.6) is 0 Å². The summed E-state index contributed by atoms with van der Waals surface area (Å²) in [6, 6.07) is 0. The lowest BCUT2D eigenvalue weighted by atomic mass is 10.3. The molecule has 0 aliphatic carbocycles. The monoisotopic (exact) mass is 213 g/mol. The first-order valence-corrected chi connectivity index (χ1v) is 5.92. The smallest absolute Gasteiger partial charge is 0.0889 e. The van der Waals surface area contributed by atoms with Crippen LogP contribution >= 0.6 is 0 Å². The van der Waals surface area contributed by atoms with Crippen LogP contribution in [0.2, 0.25) is 0 Å². The van der Waals surface area contributed by atoms with Gasteiger partial charge in [0.15, 0.2) is 0 Å². The molecule has 15 heavy (non-hydrogen) atoms. The Labute approximate surface area is 93.0 Å². The van der Waals surface area contributed by atoms with Gasteiger partial charge in [0.05, 0.1) is 25.6 Å². The summed E-state index contributed by atoms with van der Waals surface area (Å²) in [5.74, 6) is 1.06. The van der Waals surface area contributed by atoms with Crippen molar-refractivity contribution < 1.29 is 9.47 Å². The lowest BCUT2D eigenvalue weighted by Gasteiger charge is -2.26. The van der Waals surface area contributed by atoms with Crippen molar-refractivity contribution in [2.75, 3.05) is 39.5 Å². The summed E-state index contributed by atoms with van der Waals surface area (Å²) in [5, 5.41) is 0. The molecule has 0 spiro atoms. The van der Waals surface area contributed by atoms with E-state index in [1.807, 2.05) is 6.92 Å². The number of hydrogen-bond donors (Lipinski definition) is 0. The zero-order chi connectivity index (χ0) is 10.9. The molecule has 1 fully saturated rings. The number of allylic oxidation sites excluding steroid dienone is 2. The van der Waals surface area contributed by atoms with E-state index in [9.17, 15) is 0 Å². The molecule has 0 aromatic carbocycles. The second-order valence-electron chi connectivity index (χ2n) is 3.88. The molecule has 1 rings (SSSR count). The Bertz CT molecular complexity index is 186. The third-order valence-corrected chi connectivity index (χ3v) is 2.54. The third-order valence-electron chi connectivity index (χ3n) is 2.54. The molecule has 1 saturated heterocycles. The summed E-state index contributed by atoms with van der Waals surface area (Å²) in [6.07, 6.45) is 4.28. The summed E-state index contributed by atoms with van der Waals surface area (Å²) in [6.45, 7) is 10.0. The molecule has 0 amide bonds. The van der Waals surface area contributed by atoms with E-state index in [-0.39, 0.29) is 0 Å². The Morgan fingerprint density at radius 1 is 1.40 bits per heavy atom. The van der Waals surface area contributed by atoms with E-state index < -0.39 is 0 Å². The standard InChI is InChI=1S/C12H23NO2/c1-3-5-12(2)15-9-4-6-13-7-10-14-11-8-13/h5H,3-4,6-11H2,1-2H3/b12-5-. The number of morpholine rings is 1. The van der Waals surface area contributed by atoms with E-state index in [4.69, 9.17) is 9.47 Å². The van der Waals surface area contributed by atoms with Crippen molar-refractivity contribution in [2.45, 2.75) is 26.7 Å². The molecule has 0 N–H and O–H groups in total. The minimum absolute atomic E-state index is 0.833. The van der Waals surface area contributed by atoms with Crippen LogP contribution in [0.1, 0.15) is 26.7 Å². The maximum Gasteiger partial charge on any atom is 0.0889 e. The third kappa shape index (κ3) is 5.80. The van der Waals surface area contributed by atoms with E-state index in [2.05, 4.69) is 17.9 Å². The van der Waals surface area contributed by atoms with Gasteiger partial charge in [-0.2, -0.15) is 0 Å². The van der Waals surface area contributed by atoms with E-state index in [0.29, 0.717) is 0 Å². The molecular weight excluding hydrogens is 190 g/mol. The first kappa shape index (κ1) is 12.5. The molecule has 0 radical (unpaired) electrons. The highest BCUT2D eigenvalue weighted by atomic mass is 16.5. The van der Waals surface area contributed by atoms with Gasteiger partial charge < -0.3 is 9.47 Å². The maximum atomic E-state index is 5.58. The van der Waals surface area contributed by atoms with Crippen molar-refractivity contribution in [1.82, 2.24) is 4.90 Å². The minimum Gasteiger partial charge on any atom is -0.499 e. The Balaban J connectivity index is 1.98. The SMILES string of the molecule is CC/C=C(/C)OCCCN1CCOCC1. The van der Waals surface area contributed by atoms with Gasteiger partial charge in [-0.25, -0.2) is 0 Å². The summed E-state index contributed by atoms with van der Waals surface area (Å²) in [4.78, 5) is 2.44. The minimum atomic E-state index is 0.833. The van der Waals surface area contributed by atoms with Crippen LogP contribution in [-0.4, -0.2) is 44.4 Å². The highest BCUT2D eigenvalue weighted by molar-refractivity contribution is 4.86. The number of nitrogens with zero attached hydrogens (tertiary/aromatic N) is 1. The molecular formula is C12H23NO2. The van der Waals surface area contributed by atoms with E-state index in [1.54, 1.807) is 0 Å². The second kappa shape index (κ2) is 7.71. The first-order valence-electron chi connectivity index (χ1n) is 5.92. The number of ether oxygens (including phenoxy) is 2. The zero-order valence-electron chi connectivity index (χ0n) is 10.00. The van der Waals surface area contributed by atoms with E-state index in [1.165, 1.54) is 0 Å². The molecule has 0 aromatic heterocycles. The molecule has 88 valence electrons. The average Bonchev–Trinajstić information content (AvgIpc) is 2.26.